The molecule has 1 fully saturated rings. The molecule has 1 unspecified atom stereocenters. The molecular weight excluding hydrogens is 649 g/mol. The fourth-order valence-corrected chi connectivity index (χ4v) is 6.13. The second kappa shape index (κ2) is 14.6. The number of benzene rings is 4. The summed E-state index contributed by atoms with van der Waals surface area (Å²) in [5, 5.41) is 5.39. The lowest BCUT2D eigenvalue weighted by Gasteiger charge is -2.16. The second-order valence-electron chi connectivity index (χ2n) is 9.92. The first-order chi connectivity index (χ1) is 22.2. The van der Waals surface area contributed by atoms with Crippen LogP contribution in [0.4, 0.5) is 11.4 Å². The highest BCUT2D eigenvalue weighted by Crippen LogP contribution is 2.37. The monoisotopic (exact) mass is 675 g/mol. The topological polar surface area (TPSA) is 114 Å². The molecule has 9 nitrogen and oxygen atoms in total. The van der Waals surface area contributed by atoms with Crippen LogP contribution in [-0.4, -0.2) is 43.1 Å². The number of para-hydroxylation sites is 1. The van der Waals surface area contributed by atoms with Gasteiger partial charge < -0.3 is 20.1 Å². The largest absolute Gasteiger partial charge is 0.493 e. The standard InChI is InChI=1S/C34H27Cl2N3O6S/c1-44-28-13-6-10-21(31(28)45-2)16-27(38-32(41)20-8-4-3-5-9-20)33(42)37-22-11-7-12-24(17-22)46-29-19-30(40)39(34(29)43)23-14-15-25(35)26(36)18-23/h3-18,29H,19H2,1-2H3,(H,37,42)(H,38,41)/b27-16-. The van der Waals surface area contributed by atoms with Crippen LogP contribution in [0.2, 0.25) is 10.0 Å². The van der Waals surface area contributed by atoms with E-state index in [4.69, 9.17) is 32.7 Å². The number of amides is 4. The van der Waals surface area contributed by atoms with Crippen molar-refractivity contribution >= 4 is 76.0 Å². The Hall–Kier alpha value is -4.77. The zero-order chi connectivity index (χ0) is 32.8. The molecule has 12 heteroatoms. The van der Waals surface area contributed by atoms with Gasteiger partial charge in [0.15, 0.2) is 11.5 Å². The van der Waals surface area contributed by atoms with E-state index in [0.717, 1.165) is 4.90 Å². The van der Waals surface area contributed by atoms with Crippen LogP contribution in [0.5, 0.6) is 11.5 Å². The van der Waals surface area contributed by atoms with E-state index in [1.807, 2.05) is 0 Å². The Morgan fingerprint density at radius 2 is 1.65 bits per heavy atom. The van der Waals surface area contributed by atoms with Crippen molar-refractivity contribution in [2.45, 2.75) is 16.6 Å². The molecule has 4 aromatic rings. The third kappa shape index (κ3) is 7.37. The predicted molar refractivity (Wildman–Crippen MR) is 180 cm³/mol. The maximum absolute atomic E-state index is 13.6. The van der Waals surface area contributed by atoms with Gasteiger partial charge in [0.1, 0.15) is 5.70 Å². The number of imide groups is 1. The second-order valence-corrected chi connectivity index (χ2v) is 12.0. The van der Waals surface area contributed by atoms with Gasteiger partial charge in [0, 0.05) is 28.1 Å². The number of carbonyl (C=O) groups excluding carboxylic acids is 4. The molecule has 5 rings (SSSR count). The summed E-state index contributed by atoms with van der Waals surface area (Å²) in [6.07, 6.45) is 1.48. The highest BCUT2D eigenvalue weighted by atomic mass is 35.5. The van der Waals surface area contributed by atoms with Crippen molar-refractivity contribution in [2.75, 3.05) is 24.4 Å². The lowest BCUT2D eigenvalue weighted by Crippen LogP contribution is -2.31. The average molecular weight is 677 g/mol. The number of hydrogen-bond donors (Lipinski definition) is 2. The summed E-state index contributed by atoms with van der Waals surface area (Å²) in [6, 6.07) is 25.1. The fraction of sp³-hybridized carbons (Fsp3) is 0.118. The molecule has 234 valence electrons. The molecule has 0 bridgehead atoms. The van der Waals surface area contributed by atoms with Crippen LogP contribution < -0.4 is 25.0 Å². The Labute approximate surface area is 279 Å². The molecule has 1 saturated heterocycles. The number of nitrogens with one attached hydrogen (secondary N) is 2. The summed E-state index contributed by atoms with van der Waals surface area (Å²) < 4.78 is 10.9. The lowest BCUT2D eigenvalue weighted by atomic mass is 10.1. The van der Waals surface area contributed by atoms with Gasteiger partial charge in [-0.2, -0.15) is 0 Å². The molecule has 1 atom stereocenters. The molecule has 2 N–H and O–H groups in total. The van der Waals surface area contributed by atoms with Crippen LogP contribution >= 0.6 is 35.0 Å². The van der Waals surface area contributed by atoms with Crippen molar-refractivity contribution in [1.29, 1.82) is 0 Å². The van der Waals surface area contributed by atoms with Crippen molar-refractivity contribution in [1.82, 2.24) is 5.32 Å². The Bertz CT molecular complexity index is 1850. The maximum atomic E-state index is 13.6. The number of hydrogen-bond acceptors (Lipinski definition) is 7. The summed E-state index contributed by atoms with van der Waals surface area (Å²) in [4.78, 5) is 54.5. The van der Waals surface area contributed by atoms with Crippen LogP contribution in [0.3, 0.4) is 0 Å². The lowest BCUT2D eigenvalue weighted by molar-refractivity contribution is -0.121. The quantitative estimate of drug-likeness (QED) is 0.140. The van der Waals surface area contributed by atoms with Gasteiger partial charge in [-0.3, -0.25) is 19.2 Å². The minimum absolute atomic E-state index is 0.0128. The smallest absolute Gasteiger partial charge is 0.272 e. The first kappa shape index (κ1) is 32.6. The van der Waals surface area contributed by atoms with Crippen molar-refractivity contribution < 1.29 is 28.7 Å². The van der Waals surface area contributed by atoms with E-state index in [1.54, 1.807) is 78.9 Å². The Morgan fingerprint density at radius 3 is 2.37 bits per heavy atom. The minimum Gasteiger partial charge on any atom is -0.493 e. The van der Waals surface area contributed by atoms with E-state index in [1.165, 1.54) is 44.2 Å². The van der Waals surface area contributed by atoms with Gasteiger partial charge >= 0.3 is 0 Å². The number of methoxy groups -OCH3 is 2. The number of nitrogens with zero attached hydrogens (tertiary/aromatic N) is 1. The molecule has 0 spiro atoms. The van der Waals surface area contributed by atoms with Crippen LogP contribution in [0.15, 0.2) is 102 Å². The third-order valence-electron chi connectivity index (χ3n) is 6.90. The van der Waals surface area contributed by atoms with Gasteiger partial charge in [0.25, 0.3) is 11.8 Å². The van der Waals surface area contributed by atoms with Crippen molar-refractivity contribution in [3.8, 4) is 11.5 Å². The summed E-state index contributed by atoms with van der Waals surface area (Å²) in [6.45, 7) is 0. The number of rotatable bonds is 10. The van der Waals surface area contributed by atoms with E-state index >= 15 is 0 Å². The van der Waals surface area contributed by atoms with Gasteiger partial charge in [0.05, 0.1) is 35.2 Å². The molecule has 4 aromatic carbocycles. The Balaban J connectivity index is 1.37. The molecule has 0 saturated carbocycles. The number of ether oxygens (including phenoxy) is 2. The first-order valence-electron chi connectivity index (χ1n) is 13.9. The summed E-state index contributed by atoms with van der Waals surface area (Å²) in [5.74, 6) is -0.995. The molecule has 0 aromatic heterocycles. The number of halogens is 2. The average Bonchev–Trinajstić information content (AvgIpc) is 3.33. The van der Waals surface area contributed by atoms with Crippen LogP contribution in [0, 0.1) is 0 Å². The Morgan fingerprint density at radius 1 is 0.891 bits per heavy atom. The van der Waals surface area contributed by atoms with E-state index in [-0.39, 0.29) is 29.0 Å². The molecule has 1 aliphatic rings. The minimum atomic E-state index is -0.686. The highest BCUT2D eigenvalue weighted by molar-refractivity contribution is 8.00. The van der Waals surface area contributed by atoms with Crippen LogP contribution in [0.25, 0.3) is 6.08 Å². The normalized spacial score (nSPS) is 14.7. The maximum Gasteiger partial charge on any atom is 0.272 e. The molecule has 4 amide bonds. The number of carbonyl (C=O) groups is 4. The van der Waals surface area contributed by atoms with Gasteiger partial charge in [0.2, 0.25) is 11.8 Å². The summed E-state index contributed by atoms with van der Waals surface area (Å²) >= 11 is 13.3. The zero-order valence-electron chi connectivity index (χ0n) is 24.6. The van der Waals surface area contributed by atoms with Gasteiger partial charge in [-0.1, -0.05) is 59.6 Å². The summed E-state index contributed by atoms with van der Waals surface area (Å²) in [5.41, 5.74) is 1.57. The van der Waals surface area contributed by atoms with Crippen molar-refractivity contribution in [3.05, 3.63) is 118 Å². The van der Waals surface area contributed by atoms with Gasteiger partial charge in [-0.25, -0.2) is 4.90 Å². The predicted octanol–water partition coefficient (Wildman–Crippen LogP) is 6.84. The first-order valence-corrected chi connectivity index (χ1v) is 15.5. The SMILES string of the molecule is COc1cccc(/C=C(\NC(=O)c2ccccc2)C(=O)Nc2cccc(SC3CC(=O)N(c4ccc(Cl)c(Cl)c4)C3=O)c2)c1OC. The van der Waals surface area contributed by atoms with Crippen molar-refractivity contribution in [2.24, 2.45) is 0 Å². The van der Waals surface area contributed by atoms with Crippen LogP contribution in [0.1, 0.15) is 22.3 Å². The molecule has 0 aliphatic carbocycles. The highest BCUT2D eigenvalue weighted by Gasteiger charge is 2.40. The van der Waals surface area contributed by atoms with Crippen LogP contribution in [-0.2, 0) is 14.4 Å². The van der Waals surface area contributed by atoms with Gasteiger partial charge in [-0.15, -0.1) is 11.8 Å². The van der Waals surface area contributed by atoms with E-state index in [9.17, 15) is 19.2 Å². The molecule has 46 heavy (non-hydrogen) atoms. The molecular formula is C34H27Cl2N3O6S. The van der Waals surface area contributed by atoms with E-state index in [0.29, 0.717) is 43.9 Å². The van der Waals surface area contributed by atoms with E-state index in [2.05, 4.69) is 10.6 Å². The molecule has 0 radical (unpaired) electrons. The van der Waals surface area contributed by atoms with E-state index < -0.39 is 17.1 Å². The number of thioether (sulfide) groups is 1. The van der Waals surface area contributed by atoms with Gasteiger partial charge in [-0.05, 0) is 60.7 Å². The molecule has 1 heterocycles. The number of anilines is 2. The zero-order valence-corrected chi connectivity index (χ0v) is 26.9. The van der Waals surface area contributed by atoms with Crippen molar-refractivity contribution in [3.63, 3.8) is 0 Å². The Kier molecular flexibility index (Phi) is 10.3. The molecule has 1 aliphatic heterocycles. The fourth-order valence-electron chi connectivity index (χ4n) is 4.72. The third-order valence-corrected chi connectivity index (χ3v) is 8.82. The summed E-state index contributed by atoms with van der Waals surface area (Å²) in [7, 11) is 2.98.